The fourth-order valence-corrected chi connectivity index (χ4v) is 3.50. The standard InChI is InChI=1S/C15H21N3O2.HI/c1-9-2-3-14(20-9)13-7-17-15(18-13)16-6-11-10-4-5-19-8-12(10)11;/h2-3,10-13H,4-8H2,1H3,(H2,16,17,18);1H. The van der Waals surface area contributed by atoms with Gasteiger partial charge in [0.05, 0.1) is 6.54 Å². The van der Waals surface area contributed by atoms with E-state index < -0.39 is 0 Å². The Hall–Kier alpha value is -0.760. The molecule has 1 aromatic heterocycles. The van der Waals surface area contributed by atoms with Gasteiger partial charge in [-0.25, -0.2) is 0 Å². The van der Waals surface area contributed by atoms with Gasteiger partial charge >= 0.3 is 0 Å². The zero-order valence-electron chi connectivity index (χ0n) is 12.2. The topological polar surface area (TPSA) is 58.8 Å². The summed E-state index contributed by atoms with van der Waals surface area (Å²) in [5.74, 6) is 5.26. The summed E-state index contributed by atoms with van der Waals surface area (Å²) in [6, 6.07) is 4.20. The van der Waals surface area contributed by atoms with Gasteiger partial charge in [0.2, 0.25) is 0 Å². The third kappa shape index (κ3) is 3.06. The van der Waals surface area contributed by atoms with Gasteiger partial charge in [-0.3, -0.25) is 4.99 Å². The Kier molecular flexibility index (Phi) is 4.44. The first kappa shape index (κ1) is 15.1. The van der Waals surface area contributed by atoms with Crippen LogP contribution in [0.15, 0.2) is 21.5 Å². The van der Waals surface area contributed by atoms with Crippen LogP contribution in [0, 0.1) is 24.7 Å². The molecule has 0 amide bonds. The molecule has 0 radical (unpaired) electrons. The average Bonchev–Trinajstić information content (AvgIpc) is 2.79. The van der Waals surface area contributed by atoms with Crippen LogP contribution >= 0.6 is 24.0 Å². The Labute approximate surface area is 141 Å². The van der Waals surface area contributed by atoms with Gasteiger partial charge < -0.3 is 19.8 Å². The van der Waals surface area contributed by atoms with E-state index in [1.54, 1.807) is 0 Å². The average molecular weight is 403 g/mol. The molecular formula is C15H22IN3O2. The fraction of sp³-hybridized carbons (Fsp3) is 0.667. The van der Waals surface area contributed by atoms with E-state index in [4.69, 9.17) is 9.15 Å². The van der Waals surface area contributed by atoms with E-state index in [2.05, 4.69) is 15.6 Å². The first-order valence-electron chi connectivity index (χ1n) is 7.50. The van der Waals surface area contributed by atoms with E-state index in [9.17, 15) is 0 Å². The highest BCUT2D eigenvalue weighted by Crippen LogP contribution is 2.50. The predicted molar refractivity (Wildman–Crippen MR) is 90.9 cm³/mol. The van der Waals surface area contributed by atoms with E-state index in [0.717, 1.165) is 61.5 Å². The molecule has 2 aliphatic heterocycles. The number of guanidine groups is 1. The second-order valence-electron chi connectivity index (χ2n) is 6.07. The molecule has 0 aromatic carbocycles. The lowest BCUT2D eigenvalue weighted by atomic mass is 10.2. The summed E-state index contributed by atoms with van der Waals surface area (Å²) in [6.45, 7) is 5.61. The second kappa shape index (κ2) is 6.16. The van der Waals surface area contributed by atoms with Crippen molar-refractivity contribution in [2.75, 3.05) is 26.3 Å². The predicted octanol–water partition coefficient (Wildman–Crippen LogP) is 2.08. The molecule has 0 bridgehead atoms. The molecule has 3 aliphatic rings. The molecule has 3 heterocycles. The van der Waals surface area contributed by atoms with Gasteiger partial charge in [0.25, 0.3) is 0 Å². The van der Waals surface area contributed by atoms with Crippen molar-refractivity contribution in [1.82, 2.24) is 10.6 Å². The van der Waals surface area contributed by atoms with E-state index >= 15 is 0 Å². The largest absolute Gasteiger partial charge is 0.464 e. The van der Waals surface area contributed by atoms with Gasteiger partial charge in [0.1, 0.15) is 17.6 Å². The lowest BCUT2D eigenvalue weighted by molar-refractivity contribution is 0.0885. The van der Waals surface area contributed by atoms with Gasteiger partial charge in [0.15, 0.2) is 5.96 Å². The Bertz CT molecular complexity index is 519. The summed E-state index contributed by atoms with van der Waals surface area (Å²) in [5, 5.41) is 6.85. The number of hydrogen-bond acceptors (Lipinski definition) is 5. The molecule has 1 aromatic rings. The van der Waals surface area contributed by atoms with Crippen molar-refractivity contribution < 1.29 is 9.15 Å². The quantitative estimate of drug-likeness (QED) is 0.759. The molecule has 4 unspecified atom stereocenters. The molecule has 5 nitrogen and oxygen atoms in total. The van der Waals surface area contributed by atoms with Crippen molar-refractivity contribution in [2.45, 2.75) is 19.4 Å². The van der Waals surface area contributed by atoms with Crippen molar-refractivity contribution in [3.05, 3.63) is 23.7 Å². The zero-order chi connectivity index (χ0) is 13.5. The molecule has 1 saturated heterocycles. The van der Waals surface area contributed by atoms with Crippen LogP contribution in [0.2, 0.25) is 0 Å². The van der Waals surface area contributed by atoms with Crippen molar-refractivity contribution in [3.63, 3.8) is 0 Å². The highest BCUT2D eigenvalue weighted by atomic mass is 127. The number of furan rings is 1. The lowest BCUT2D eigenvalue weighted by Crippen LogP contribution is -2.36. The molecule has 4 rings (SSSR count). The zero-order valence-corrected chi connectivity index (χ0v) is 14.5. The molecule has 0 spiro atoms. The number of fused-ring (bicyclic) bond motifs is 1. The van der Waals surface area contributed by atoms with Gasteiger partial charge in [-0.15, -0.1) is 24.0 Å². The van der Waals surface area contributed by atoms with Crippen molar-refractivity contribution in [1.29, 1.82) is 0 Å². The minimum absolute atomic E-state index is 0. The van der Waals surface area contributed by atoms with Crippen LogP contribution in [0.25, 0.3) is 0 Å². The number of aliphatic imine (C=N–C) groups is 1. The maximum atomic E-state index is 5.65. The number of ether oxygens (including phenoxy) is 1. The van der Waals surface area contributed by atoms with Crippen LogP contribution in [-0.4, -0.2) is 32.3 Å². The molecule has 6 heteroatoms. The van der Waals surface area contributed by atoms with Crippen LogP contribution in [0.3, 0.4) is 0 Å². The Morgan fingerprint density at radius 2 is 2.29 bits per heavy atom. The van der Waals surface area contributed by atoms with Gasteiger partial charge in [0, 0.05) is 19.8 Å². The fourth-order valence-electron chi connectivity index (χ4n) is 3.50. The summed E-state index contributed by atoms with van der Waals surface area (Å²) in [5.41, 5.74) is 0. The summed E-state index contributed by atoms with van der Waals surface area (Å²) in [6.07, 6.45) is 1.23. The molecular weight excluding hydrogens is 381 g/mol. The smallest absolute Gasteiger partial charge is 0.192 e. The lowest BCUT2D eigenvalue weighted by Gasteiger charge is -2.10. The van der Waals surface area contributed by atoms with E-state index in [-0.39, 0.29) is 30.0 Å². The first-order chi connectivity index (χ1) is 9.81. The van der Waals surface area contributed by atoms with Crippen LogP contribution < -0.4 is 10.6 Å². The Morgan fingerprint density at radius 3 is 3.00 bits per heavy atom. The summed E-state index contributed by atoms with van der Waals surface area (Å²) < 4.78 is 11.2. The summed E-state index contributed by atoms with van der Waals surface area (Å²) in [7, 11) is 0. The minimum Gasteiger partial charge on any atom is -0.464 e. The van der Waals surface area contributed by atoms with Crippen molar-refractivity contribution in [2.24, 2.45) is 22.7 Å². The number of hydrogen-bond donors (Lipinski definition) is 2. The molecule has 21 heavy (non-hydrogen) atoms. The maximum Gasteiger partial charge on any atom is 0.192 e. The number of rotatable bonds is 3. The summed E-state index contributed by atoms with van der Waals surface area (Å²) >= 11 is 0. The van der Waals surface area contributed by atoms with Crippen molar-refractivity contribution in [3.8, 4) is 0 Å². The normalized spacial score (nSPS) is 33.5. The number of nitrogens with zero attached hydrogens (tertiary/aromatic N) is 1. The SMILES string of the molecule is Cc1ccc(C2CN=C(NCC3C4CCOCC43)N2)o1.I. The third-order valence-corrected chi connectivity index (χ3v) is 4.77. The summed E-state index contributed by atoms with van der Waals surface area (Å²) in [4.78, 5) is 4.52. The number of halogens is 1. The van der Waals surface area contributed by atoms with E-state index in [0.29, 0.717) is 0 Å². The molecule has 2 fully saturated rings. The Morgan fingerprint density at radius 1 is 1.38 bits per heavy atom. The molecule has 116 valence electrons. The van der Waals surface area contributed by atoms with Gasteiger partial charge in [-0.1, -0.05) is 0 Å². The molecule has 1 aliphatic carbocycles. The maximum absolute atomic E-state index is 5.65. The van der Waals surface area contributed by atoms with Crippen LogP contribution in [0.4, 0.5) is 0 Å². The van der Waals surface area contributed by atoms with Crippen LogP contribution in [0.1, 0.15) is 24.0 Å². The highest BCUT2D eigenvalue weighted by Gasteiger charge is 2.51. The number of nitrogens with one attached hydrogen (secondary N) is 2. The number of aryl methyl sites for hydroxylation is 1. The molecule has 2 N–H and O–H groups in total. The molecule has 4 atom stereocenters. The van der Waals surface area contributed by atoms with Crippen molar-refractivity contribution >= 4 is 29.9 Å². The second-order valence-corrected chi connectivity index (χ2v) is 6.07. The monoisotopic (exact) mass is 403 g/mol. The van der Waals surface area contributed by atoms with Crippen LogP contribution in [-0.2, 0) is 4.74 Å². The molecule has 1 saturated carbocycles. The highest BCUT2D eigenvalue weighted by molar-refractivity contribution is 14.0. The first-order valence-corrected chi connectivity index (χ1v) is 7.50. The Balaban J connectivity index is 0.00000132. The van der Waals surface area contributed by atoms with E-state index in [1.165, 1.54) is 6.42 Å². The van der Waals surface area contributed by atoms with Gasteiger partial charge in [-0.05, 0) is 43.2 Å². The van der Waals surface area contributed by atoms with E-state index in [1.807, 2.05) is 19.1 Å². The van der Waals surface area contributed by atoms with Gasteiger partial charge in [-0.2, -0.15) is 0 Å². The van der Waals surface area contributed by atoms with Crippen LogP contribution in [0.5, 0.6) is 0 Å². The minimum atomic E-state index is 0. The third-order valence-electron chi connectivity index (χ3n) is 4.77.